The first kappa shape index (κ1) is 9.06. The Morgan fingerprint density at radius 1 is 1.57 bits per heavy atom. The van der Waals surface area contributed by atoms with Crippen LogP contribution in [0.2, 0.25) is 0 Å². The molecular formula is C11H12O3. The molecule has 0 spiro atoms. The summed E-state index contributed by atoms with van der Waals surface area (Å²) in [5.74, 6) is -0.337. The minimum atomic E-state index is -0.788. The standard InChI is InChI=1S/C11H12O3/c1-7(11(12)13)8-2-3-10-9(6-8)4-5-14-10/h2-3,6-7H,4-5H2,1H3,(H,12,13)/t7-/m0/s1. The van der Waals surface area contributed by atoms with Crippen molar-refractivity contribution in [3.8, 4) is 5.75 Å². The topological polar surface area (TPSA) is 46.5 Å². The summed E-state index contributed by atoms with van der Waals surface area (Å²) in [5, 5.41) is 8.85. The Labute approximate surface area is 82.3 Å². The van der Waals surface area contributed by atoms with Gasteiger partial charge in [0.05, 0.1) is 12.5 Å². The van der Waals surface area contributed by atoms with E-state index in [0.29, 0.717) is 6.61 Å². The largest absolute Gasteiger partial charge is 0.493 e. The molecule has 1 aromatic rings. The predicted molar refractivity (Wildman–Crippen MR) is 51.7 cm³/mol. The van der Waals surface area contributed by atoms with Gasteiger partial charge in [-0.3, -0.25) is 4.79 Å². The minimum Gasteiger partial charge on any atom is -0.493 e. The maximum absolute atomic E-state index is 10.8. The van der Waals surface area contributed by atoms with Gasteiger partial charge in [0.2, 0.25) is 0 Å². The number of carbonyl (C=O) groups is 1. The zero-order valence-corrected chi connectivity index (χ0v) is 7.99. The van der Waals surface area contributed by atoms with Gasteiger partial charge in [-0.15, -0.1) is 0 Å². The highest BCUT2D eigenvalue weighted by atomic mass is 16.5. The number of benzene rings is 1. The van der Waals surface area contributed by atoms with Gasteiger partial charge in [-0.1, -0.05) is 12.1 Å². The lowest BCUT2D eigenvalue weighted by molar-refractivity contribution is -0.138. The van der Waals surface area contributed by atoms with Crippen LogP contribution in [0.1, 0.15) is 24.0 Å². The van der Waals surface area contributed by atoms with Crippen molar-refractivity contribution >= 4 is 5.97 Å². The maximum Gasteiger partial charge on any atom is 0.310 e. The predicted octanol–water partition coefficient (Wildman–Crippen LogP) is 1.81. The Bertz CT molecular complexity index is 371. The van der Waals surface area contributed by atoms with Crippen LogP contribution in [-0.2, 0) is 11.2 Å². The molecule has 1 aliphatic rings. The summed E-state index contributed by atoms with van der Waals surface area (Å²) in [4.78, 5) is 10.8. The first-order chi connectivity index (χ1) is 6.68. The van der Waals surface area contributed by atoms with E-state index in [9.17, 15) is 4.79 Å². The van der Waals surface area contributed by atoms with Gasteiger partial charge in [-0.25, -0.2) is 0 Å². The summed E-state index contributed by atoms with van der Waals surface area (Å²) < 4.78 is 5.35. The normalized spacial score (nSPS) is 15.8. The fourth-order valence-electron chi connectivity index (χ4n) is 1.62. The van der Waals surface area contributed by atoms with Crippen LogP contribution in [0.4, 0.5) is 0 Å². The zero-order chi connectivity index (χ0) is 10.1. The quantitative estimate of drug-likeness (QED) is 0.777. The molecule has 14 heavy (non-hydrogen) atoms. The second-order valence-corrected chi connectivity index (χ2v) is 3.53. The minimum absolute atomic E-state index is 0.444. The molecule has 74 valence electrons. The smallest absolute Gasteiger partial charge is 0.310 e. The highest BCUT2D eigenvalue weighted by molar-refractivity contribution is 5.75. The van der Waals surface area contributed by atoms with E-state index < -0.39 is 11.9 Å². The second kappa shape index (κ2) is 3.33. The van der Waals surface area contributed by atoms with Gasteiger partial charge in [0.1, 0.15) is 5.75 Å². The molecule has 0 saturated carbocycles. The third kappa shape index (κ3) is 1.45. The maximum atomic E-state index is 10.8. The fraction of sp³-hybridized carbons (Fsp3) is 0.364. The summed E-state index contributed by atoms with van der Waals surface area (Å²) in [6.07, 6.45) is 0.884. The van der Waals surface area contributed by atoms with Crippen molar-refractivity contribution in [3.63, 3.8) is 0 Å². The molecule has 0 amide bonds. The molecule has 0 saturated heterocycles. The van der Waals surface area contributed by atoms with Crippen LogP contribution in [0.25, 0.3) is 0 Å². The number of ether oxygens (including phenoxy) is 1. The first-order valence-electron chi connectivity index (χ1n) is 4.67. The Balaban J connectivity index is 2.33. The average molecular weight is 192 g/mol. The number of aliphatic carboxylic acids is 1. The van der Waals surface area contributed by atoms with E-state index in [0.717, 1.165) is 23.3 Å². The van der Waals surface area contributed by atoms with Crippen molar-refractivity contribution in [1.82, 2.24) is 0 Å². The molecule has 0 fully saturated rings. The van der Waals surface area contributed by atoms with Crippen LogP contribution in [0.3, 0.4) is 0 Å². The van der Waals surface area contributed by atoms with E-state index in [1.54, 1.807) is 6.92 Å². The summed E-state index contributed by atoms with van der Waals surface area (Å²) in [6.45, 7) is 2.40. The SMILES string of the molecule is C[C@H](C(=O)O)c1ccc2c(c1)CCO2. The number of hydrogen-bond acceptors (Lipinski definition) is 2. The third-order valence-electron chi connectivity index (χ3n) is 2.58. The van der Waals surface area contributed by atoms with E-state index in [-0.39, 0.29) is 0 Å². The van der Waals surface area contributed by atoms with Crippen molar-refractivity contribution in [2.24, 2.45) is 0 Å². The molecule has 1 heterocycles. The summed E-state index contributed by atoms with van der Waals surface area (Å²) in [5.41, 5.74) is 1.97. The molecule has 1 atom stereocenters. The van der Waals surface area contributed by atoms with Crippen molar-refractivity contribution in [1.29, 1.82) is 0 Å². The van der Waals surface area contributed by atoms with Gasteiger partial charge in [0, 0.05) is 6.42 Å². The summed E-state index contributed by atoms with van der Waals surface area (Å²) in [6, 6.07) is 5.61. The van der Waals surface area contributed by atoms with Crippen LogP contribution in [0.5, 0.6) is 5.75 Å². The molecule has 0 radical (unpaired) electrons. The Morgan fingerprint density at radius 3 is 3.07 bits per heavy atom. The van der Waals surface area contributed by atoms with Crippen LogP contribution in [0.15, 0.2) is 18.2 Å². The molecule has 3 nitrogen and oxygen atoms in total. The van der Waals surface area contributed by atoms with Gasteiger partial charge in [-0.2, -0.15) is 0 Å². The molecule has 0 aromatic heterocycles. The Morgan fingerprint density at radius 2 is 2.36 bits per heavy atom. The monoisotopic (exact) mass is 192 g/mol. The zero-order valence-electron chi connectivity index (χ0n) is 7.99. The van der Waals surface area contributed by atoms with Crippen LogP contribution < -0.4 is 4.74 Å². The first-order valence-corrected chi connectivity index (χ1v) is 4.67. The molecular weight excluding hydrogens is 180 g/mol. The van der Waals surface area contributed by atoms with Crippen LogP contribution in [0, 0.1) is 0 Å². The van der Waals surface area contributed by atoms with Gasteiger partial charge in [0.25, 0.3) is 0 Å². The Kier molecular flexibility index (Phi) is 2.15. The lowest BCUT2D eigenvalue weighted by Crippen LogP contribution is -2.07. The van der Waals surface area contributed by atoms with Crippen LogP contribution in [-0.4, -0.2) is 17.7 Å². The molecule has 0 unspecified atom stereocenters. The van der Waals surface area contributed by atoms with Crippen molar-refractivity contribution in [2.75, 3.05) is 6.61 Å². The van der Waals surface area contributed by atoms with Crippen molar-refractivity contribution in [2.45, 2.75) is 19.3 Å². The van der Waals surface area contributed by atoms with E-state index in [1.165, 1.54) is 0 Å². The third-order valence-corrected chi connectivity index (χ3v) is 2.58. The van der Waals surface area contributed by atoms with Crippen LogP contribution >= 0.6 is 0 Å². The molecule has 1 N–H and O–H groups in total. The van der Waals surface area contributed by atoms with E-state index in [4.69, 9.17) is 9.84 Å². The highest BCUT2D eigenvalue weighted by Crippen LogP contribution is 2.28. The highest BCUT2D eigenvalue weighted by Gasteiger charge is 2.17. The van der Waals surface area contributed by atoms with Crippen molar-refractivity contribution < 1.29 is 14.6 Å². The van der Waals surface area contributed by atoms with Gasteiger partial charge >= 0.3 is 5.97 Å². The number of carboxylic acids is 1. The average Bonchev–Trinajstić information content (AvgIpc) is 2.62. The molecule has 1 aromatic carbocycles. The number of hydrogen-bond donors (Lipinski definition) is 1. The summed E-state index contributed by atoms with van der Waals surface area (Å²) in [7, 11) is 0. The number of fused-ring (bicyclic) bond motifs is 1. The van der Waals surface area contributed by atoms with Gasteiger partial charge in [0.15, 0.2) is 0 Å². The van der Waals surface area contributed by atoms with E-state index in [2.05, 4.69) is 0 Å². The van der Waals surface area contributed by atoms with E-state index in [1.807, 2.05) is 18.2 Å². The molecule has 1 aliphatic heterocycles. The number of carboxylic acid groups (broad SMARTS) is 1. The molecule has 0 bridgehead atoms. The van der Waals surface area contributed by atoms with E-state index >= 15 is 0 Å². The lowest BCUT2D eigenvalue weighted by Gasteiger charge is -2.07. The Hall–Kier alpha value is -1.51. The lowest BCUT2D eigenvalue weighted by atomic mass is 9.98. The van der Waals surface area contributed by atoms with Gasteiger partial charge in [-0.05, 0) is 24.1 Å². The summed E-state index contributed by atoms with van der Waals surface area (Å²) >= 11 is 0. The van der Waals surface area contributed by atoms with Crippen molar-refractivity contribution in [3.05, 3.63) is 29.3 Å². The number of rotatable bonds is 2. The molecule has 2 rings (SSSR count). The second-order valence-electron chi connectivity index (χ2n) is 3.53. The fourth-order valence-corrected chi connectivity index (χ4v) is 1.62. The van der Waals surface area contributed by atoms with Gasteiger partial charge < -0.3 is 9.84 Å². The molecule has 3 heteroatoms. The molecule has 0 aliphatic carbocycles.